The first-order chi connectivity index (χ1) is 11.6. The third kappa shape index (κ3) is 4.49. The molecule has 1 N–H and O–H groups in total. The molecular formula is C17H28N4O3. The van der Waals surface area contributed by atoms with Crippen LogP contribution in [0, 0.1) is 5.92 Å². The molecule has 0 radical (unpaired) electrons. The van der Waals surface area contributed by atoms with Gasteiger partial charge in [-0.05, 0) is 12.8 Å². The Labute approximate surface area is 143 Å². The summed E-state index contributed by atoms with van der Waals surface area (Å²) in [4.78, 5) is 41.9. The highest BCUT2D eigenvalue weighted by Gasteiger charge is 2.36. The largest absolute Gasteiger partial charge is 0.341 e. The van der Waals surface area contributed by atoms with Crippen molar-refractivity contribution in [1.29, 1.82) is 0 Å². The normalized spacial score (nSPS) is 21.6. The van der Waals surface area contributed by atoms with E-state index in [1.165, 1.54) is 0 Å². The van der Waals surface area contributed by atoms with Gasteiger partial charge in [-0.2, -0.15) is 0 Å². The zero-order valence-corrected chi connectivity index (χ0v) is 14.5. The summed E-state index contributed by atoms with van der Waals surface area (Å²) < 4.78 is 0. The summed E-state index contributed by atoms with van der Waals surface area (Å²) in [6.45, 7) is 9.67. The number of nitrogens with one attached hydrogen (secondary N) is 1. The van der Waals surface area contributed by atoms with Crippen molar-refractivity contribution in [3.63, 3.8) is 0 Å². The summed E-state index contributed by atoms with van der Waals surface area (Å²) in [5.74, 6) is -0.215. The van der Waals surface area contributed by atoms with E-state index in [0.29, 0.717) is 45.8 Å². The summed E-state index contributed by atoms with van der Waals surface area (Å²) in [7, 11) is 0. The van der Waals surface area contributed by atoms with E-state index in [0.717, 1.165) is 12.8 Å². The van der Waals surface area contributed by atoms with E-state index in [4.69, 9.17) is 0 Å². The maximum absolute atomic E-state index is 12.7. The Kier molecular flexibility index (Phi) is 6.63. The van der Waals surface area contributed by atoms with Crippen molar-refractivity contribution in [2.45, 2.75) is 26.2 Å². The Hall–Kier alpha value is -2.05. The molecule has 7 nitrogen and oxygen atoms in total. The van der Waals surface area contributed by atoms with Crippen molar-refractivity contribution < 1.29 is 14.4 Å². The number of hydrogen-bond donors (Lipinski definition) is 1. The van der Waals surface area contributed by atoms with Gasteiger partial charge in [-0.1, -0.05) is 13.0 Å². The van der Waals surface area contributed by atoms with E-state index in [1.807, 2.05) is 11.8 Å². The molecule has 4 amide bonds. The van der Waals surface area contributed by atoms with Gasteiger partial charge < -0.3 is 20.0 Å². The molecule has 1 atom stereocenters. The quantitative estimate of drug-likeness (QED) is 0.750. The van der Waals surface area contributed by atoms with Crippen molar-refractivity contribution in [3.05, 3.63) is 12.7 Å². The molecular weight excluding hydrogens is 308 g/mol. The summed E-state index contributed by atoms with van der Waals surface area (Å²) >= 11 is 0. The lowest BCUT2D eigenvalue weighted by Gasteiger charge is -2.24. The zero-order chi connectivity index (χ0) is 17.5. The SMILES string of the molecule is C=CCN1CC(C(=O)N2CCCN(C(=O)NCCC)CC2)CC1=O. The van der Waals surface area contributed by atoms with Crippen molar-refractivity contribution >= 4 is 17.8 Å². The van der Waals surface area contributed by atoms with E-state index in [1.54, 1.807) is 15.9 Å². The Morgan fingerprint density at radius 1 is 1.25 bits per heavy atom. The smallest absolute Gasteiger partial charge is 0.317 e. The van der Waals surface area contributed by atoms with Gasteiger partial charge in [0.1, 0.15) is 0 Å². The van der Waals surface area contributed by atoms with Crippen molar-refractivity contribution in [1.82, 2.24) is 20.0 Å². The first kappa shape index (κ1) is 18.3. The number of nitrogens with zero attached hydrogens (tertiary/aromatic N) is 3. The molecule has 0 aromatic heterocycles. The zero-order valence-electron chi connectivity index (χ0n) is 14.5. The maximum atomic E-state index is 12.7. The van der Waals surface area contributed by atoms with Gasteiger partial charge in [0.25, 0.3) is 0 Å². The van der Waals surface area contributed by atoms with Crippen LogP contribution in [0.25, 0.3) is 0 Å². The predicted octanol–water partition coefficient (Wildman–Crippen LogP) is 0.675. The number of carbonyl (C=O) groups excluding carboxylic acids is 3. The van der Waals surface area contributed by atoms with Crippen LogP contribution in [0.5, 0.6) is 0 Å². The van der Waals surface area contributed by atoms with Gasteiger partial charge >= 0.3 is 6.03 Å². The second-order valence-electron chi connectivity index (χ2n) is 6.39. The van der Waals surface area contributed by atoms with Crippen LogP contribution in [0.1, 0.15) is 26.2 Å². The van der Waals surface area contributed by atoms with E-state index in [-0.39, 0.29) is 30.2 Å². The van der Waals surface area contributed by atoms with E-state index < -0.39 is 0 Å². The second-order valence-corrected chi connectivity index (χ2v) is 6.39. The molecule has 2 saturated heterocycles. The molecule has 0 saturated carbocycles. The van der Waals surface area contributed by atoms with E-state index in [9.17, 15) is 14.4 Å². The number of likely N-dealkylation sites (tertiary alicyclic amines) is 1. The van der Waals surface area contributed by atoms with Gasteiger partial charge in [0.2, 0.25) is 11.8 Å². The fourth-order valence-corrected chi connectivity index (χ4v) is 3.21. The summed E-state index contributed by atoms with van der Waals surface area (Å²) in [5.41, 5.74) is 0. The van der Waals surface area contributed by atoms with E-state index >= 15 is 0 Å². The van der Waals surface area contributed by atoms with Crippen LogP contribution >= 0.6 is 0 Å². The molecule has 1 unspecified atom stereocenters. The highest BCUT2D eigenvalue weighted by molar-refractivity contribution is 5.89. The minimum atomic E-state index is -0.266. The van der Waals surface area contributed by atoms with Gasteiger partial charge in [-0.25, -0.2) is 4.79 Å². The minimum absolute atomic E-state index is 0.0173. The number of rotatable bonds is 5. The molecule has 0 aromatic rings. The van der Waals surface area contributed by atoms with Gasteiger partial charge in [-0.3, -0.25) is 9.59 Å². The third-order valence-corrected chi connectivity index (χ3v) is 4.53. The lowest BCUT2D eigenvalue weighted by molar-refractivity contribution is -0.135. The summed E-state index contributed by atoms with van der Waals surface area (Å²) in [5, 5.41) is 2.88. The summed E-state index contributed by atoms with van der Waals surface area (Å²) in [6.07, 6.45) is 3.64. The van der Waals surface area contributed by atoms with Gasteiger partial charge in [0.05, 0.1) is 5.92 Å². The van der Waals surface area contributed by atoms with Crippen molar-refractivity contribution in [2.75, 3.05) is 45.8 Å². The predicted molar refractivity (Wildman–Crippen MR) is 91.3 cm³/mol. The Bertz CT molecular complexity index is 494. The highest BCUT2D eigenvalue weighted by atomic mass is 16.2. The van der Waals surface area contributed by atoms with Crippen LogP contribution in [0.4, 0.5) is 4.79 Å². The van der Waals surface area contributed by atoms with Crippen LogP contribution in [0.15, 0.2) is 12.7 Å². The van der Waals surface area contributed by atoms with Crippen LogP contribution in [0.2, 0.25) is 0 Å². The first-order valence-electron chi connectivity index (χ1n) is 8.77. The fourth-order valence-electron chi connectivity index (χ4n) is 3.21. The first-order valence-corrected chi connectivity index (χ1v) is 8.77. The van der Waals surface area contributed by atoms with Gasteiger partial charge in [-0.15, -0.1) is 6.58 Å². The minimum Gasteiger partial charge on any atom is -0.341 e. The van der Waals surface area contributed by atoms with E-state index in [2.05, 4.69) is 11.9 Å². The fraction of sp³-hybridized carbons (Fsp3) is 0.706. The lowest BCUT2D eigenvalue weighted by atomic mass is 10.1. The van der Waals surface area contributed by atoms with Crippen molar-refractivity contribution in [2.24, 2.45) is 5.92 Å². The molecule has 0 aromatic carbocycles. The molecule has 134 valence electrons. The molecule has 2 fully saturated rings. The molecule has 0 spiro atoms. The maximum Gasteiger partial charge on any atom is 0.317 e. The topological polar surface area (TPSA) is 73.0 Å². The Morgan fingerprint density at radius 3 is 2.67 bits per heavy atom. The number of amides is 4. The molecule has 24 heavy (non-hydrogen) atoms. The van der Waals surface area contributed by atoms with Crippen LogP contribution in [-0.4, -0.2) is 78.4 Å². The number of hydrogen-bond acceptors (Lipinski definition) is 3. The second kappa shape index (κ2) is 8.70. The molecule has 2 rings (SSSR count). The summed E-state index contributed by atoms with van der Waals surface area (Å²) in [6, 6.07) is -0.0562. The monoisotopic (exact) mass is 336 g/mol. The lowest BCUT2D eigenvalue weighted by Crippen LogP contribution is -2.43. The average molecular weight is 336 g/mol. The van der Waals surface area contributed by atoms with Crippen LogP contribution in [0.3, 0.4) is 0 Å². The third-order valence-electron chi connectivity index (χ3n) is 4.53. The highest BCUT2D eigenvalue weighted by Crippen LogP contribution is 2.21. The van der Waals surface area contributed by atoms with Gasteiger partial charge in [0.15, 0.2) is 0 Å². The number of carbonyl (C=O) groups is 3. The Morgan fingerprint density at radius 2 is 1.96 bits per heavy atom. The molecule has 2 aliphatic heterocycles. The number of urea groups is 1. The van der Waals surface area contributed by atoms with Crippen LogP contribution < -0.4 is 5.32 Å². The molecule has 0 aliphatic carbocycles. The standard InChI is InChI=1S/C17H28N4O3/c1-3-6-18-17(24)20-9-5-8-19(10-11-20)16(23)14-12-15(22)21(13-14)7-4-2/h4,14H,2-3,5-13H2,1H3,(H,18,24). The molecule has 0 bridgehead atoms. The van der Waals surface area contributed by atoms with Crippen molar-refractivity contribution in [3.8, 4) is 0 Å². The molecule has 7 heteroatoms. The Balaban J connectivity index is 1.87. The molecule has 2 heterocycles. The average Bonchev–Trinajstić information content (AvgIpc) is 2.79. The van der Waals surface area contributed by atoms with Crippen LogP contribution in [-0.2, 0) is 9.59 Å². The molecule has 2 aliphatic rings. The van der Waals surface area contributed by atoms with Gasteiger partial charge in [0, 0.05) is 52.2 Å².